The molecule has 1 aromatic rings. The van der Waals surface area contributed by atoms with Gasteiger partial charge in [0.05, 0.1) is 0 Å². The highest BCUT2D eigenvalue weighted by Crippen LogP contribution is 2.00. The van der Waals surface area contributed by atoms with E-state index in [1.54, 1.807) is 12.1 Å². The standard InChI is InChI=1S/C12H17N3OS/c1-9(2)8-15(12(13)17)14-11(16)10-6-4-3-5-7-10/h3-7,9H,8H2,1-2H3,(H2,13,17)(H,14,16). The van der Waals surface area contributed by atoms with Crippen LogP contribution in [0.25, 0.3) is 0 Å². The molecule has 17 heavy (non-hydrogen) atoms. The molecule has 0 saturated heterocycles. The molecule has 1 aromatic carbocycles. The molecule has 0 bridgehead atoms. The van der Waals surface area contributed by atoms with Crippen molar-refractivity contribution in [2.45, 2.75) is 13.8 Å². The molecular weight excluding hydrogens is 234 g/mol. The number of hydrogen-bond acceptors (Lipinski definition) is 2. The van der Waals surface area contributed by atoms with Gasteiger partial charge in [0.15, 0.2) is 5.11 Å². The van der Waals surface area contributed by atoms with Crippen molar-refractivity contribution in [2.75, 3.05) is 6.54 Å². The van der Waals surface area contributed by atoms with Crippen LogP contribution >= 0.6 is 12.2 Å². The summed E-state index contributed by atoms with van der Waals surface area (Å²) in [5.41, 5.74) is 8.83. The Bertz CT molecular complexity index is 392. The lowest BCUT2D eigenvalue weighted by atomic mass is 10.2. The van der Waals surface area contributed by atoms with Crippen LogP contribution in [0.15, 0.2) is 30.3 Å². The first kappa shape index (κ1) is 13.4. The molecule has 0 aromatic heterocycles. The van der Waals surface area contributed by atoms with E-state index in [-0.39, 0.29) is 11.0 Å². The van der Waals surface area contributed by atoms with Crippen molar-refractivity contribution in [3.05, 3.63) is 35.9 Å². The molecule has 0 spiro atoms. The fourth-order valence-electron chi connectivity index (χ4n) is 1.33. The number of nitrogens with one attached hydrogen (secondary N) is 1. The van der Waals surface area contributed by atoms with Gasteiger partial charge in [-0.15, -0.1) is 0 Å². The summed E-state index contributed by atoms with van der Waals surface area (Å²) < 4.78 is 0. The van der Waals surface area contributed by atoms with Crippen LogP contribution in [-0.2, 0) is 0 Å². The Morgan fingerprint density at radius 1 is 1.41 bits per heavy atom. The summed E-state index contributed by atoms with van der Waals surface area (Å²) in [6.45, 7) is 4.65. The van der Waals surface area contributed by atoms with Crippen LogP contribution in [0.5, 0.6) is 0 Å². The van der Waals surface area contributed by atoms with E-state index in [0.29, 0.717) is 18.0 Å². The van der Waals surface area contributed by atoms with E-state index in [0.717, 1.165) is 0 Å². The Morgan fingerprint density at radius 2 is 2.00 bits per heavy atom. The Balaban J connectivity index is 2.68. The number of carbonyl (C=O) groups excluding carboxylic acids is 1. The summed E-state index contributed by atoms with van der Waals surface area (Å²) in [4.78, 5) is 11.9. The second-order valence-corrected chi connectivity index (χ2v) is 4.57. The normalized spacial score (nSPS) is 10.1. The molecule has 1 amide bonds. The van der Waals surface area contributed by atoms with Gasteiger partial charge in [-0.25, -0.2) is 0 Å². The number of rotatable bonds is 3. The highest BCUT2D eigenvalue weighted by atomic mass is 32.1. The van der Waals surface area contributed by atoms with E-state index in [1.165, 1.54) is 5.01 Å². The summed E-state index contributed by atoms with van der Waals surface area (Å²) in [6.07, 6.45) is 0. The monoisotopic (exact) mass is 251 g/mol. The van der Waals surface area contributed by atoms with E-state index in [2.05, 4.69) is 5.43 Å². The number of nitrogens with zero attached hydrogens (tertiary/aromatic N) is 1. The predicted molar refractivity (Wildman–Crippen MR) is 72.2 cm³/mol. The van der Waals surface area contributed by atoms with Gasteiger partial charge in [-0.3, -0.25) is 15.2 Å². The molecule has 0 atom stereocenters. The zero-order valence-electron chi connectivity index (χ0n) is 10.0. The maximum atomic E-state index is 11.9. The molecule has 0 radical (unpaired) electrons. The lowest BCUT2D eigenvalue weighted by molar-refractivity contribution is 0.0863. The zero-order valence-corrected chi connectivity index (χ0v) is 10.8. The largest absolute Gasteiger partial charge is 0.375 e. The van der Waals surface area contributed by atoms with Crippen molar-refractivity contribution < 1.29 is 4.79 Å². The van der Waals surface area contributed by atoms with Crippen molar-refractivity contribution in [1.29, 1.82) is 0 Å². The van der Waals surface area contributed by atoms with Crippen LogP contribution in [0.1, 0.15) is 24.2 Å². The third kappa shape index (κ3) is 4.40. The summed E-state index contributed by atoms with van der Waals surface area (Å²) in [7, 11) is 0. The molecule has 4 nitrogen and oxygen atoms in total. The van der Waals surface area contributed by atoms with Crippen molar-refractivity contribution in [1.82, 2.24) is 10.4 Å². The number of benzene rings is 1. The van der Waals surface area contributed by atoms with Crippen LogP contribution in [0.2, 0.25) is 0 Å². The van der Waals surface area contributed by atoms with Gasteiger partial charge in [0, 0.05) is 12.1 Å². The van der Waals surface area contributed by atoms with E-state index in [4.69, 9.17) is 18.0 Å². The van der Waals surface area contributed by atoms with Gasteiger partial charge < -0.3 is 5.73 Å². The lowest BCUT2D eigenvalue weighted by Crippen LogP contribution is -2.50. The SMILES string of the molecule is CC(C)CN(NC(=O)c1ccccc1)C(N)=S. The lowest BCUT2D eigenvalue weighted by Gasteiger charge is -2.25. The van der Waals surface area contributed by atoms with Crippen LogP contribution in [0.4, 0.5) is 0 Å². The molecule has 0 aliphatic rings. The highest BCUT2D eigenvalue weighted by molar-refractivity contribution is 7.80. The minimum atomic E-state index is -0.209. The van der Waals surface area contributed by atoms with Crippen LogP contribution in [0, 0.1) is 5.92 Å². The maximum absolute atomic E-state index is 11.9. The fourth-order valence-corrected chi connectivity index (χ4v) is 1.45. The van der Waals surface area contributed by atoms with Gasteiger partial charge in [-0.2, -0.15) is 0 Å². The number of amides is 1. The minimum Gasteiger partial charge on any atom is -0.375 e. The molecule has 0 aliphatic carbocycles. The van der Waals surface area contributed by atoms with E-state index < -0.39 is 0 Å². The Labute approximate surface area is 107 Å². The van der Waals surface area contributed by atoms with Gasteiger partial charge in [-0.05, 0) is 30.3 Å². The van der Waals surface area contributed by atoms with Crippen LogP contribution < -0.4 is 11.2 Å². The molecule has 0 aliphatic heterocycles. The van der Waals surface area contributed by atoms with Crippen LogP contribution in [0.3, 0.4) is 0 Å². The third-order valence-corrected chi connectivity index (χ3v) is 2.31. The Hall–Kier alpha value is -1.62. The van der Waals surface area contributed by atoms with E-state index in [9.17, 15) is 4.79 Å². The van der Waals surface area contributed by atoms with Gasteiger partial charge in [0.1, 0.15) is 0 Å². The van der Waals surface area contributed by atoms with Gasteiger partial charge >= 0.3 is 0 Å². The number of carbonyl (C=O) groups is 1. The molecule has 0 heterocycles. The molecule has 0 saturated carbocycles. The van der Waals surface area contributed by atoms with Crippen molar-refractivity contribution in [3.8, 4) is 0 Å². The number of hydrogen-bond donors (Lipinski definition) is 2. The first-order valence-corrected chi connectivity index (χ1v) is 5.84. The predicted octanol–water partition coefficient (Wildman–Crippen LogP) is 1.53. The first-order valence-electron chi connectivity index (χ1n) is 5.43. The topological polar surface area (TPSA) is 58.4 Å². The van der Waals surface area contributed by atoms with E-state index in [1.807, 2.05) is 32.0 Å². The second kappa shape index (κ2) is 6.20. The molecule has 0 fully saturated rings. The minimum absolute atomic E-state index is 0.169. The molecule has 1 rings (SSSR count). The summed E-state index contributed by atoms with van der Waals surface area (Å²) in [6, 6.07) is 8.95. The third-order valence-electron chi connectivity index (χ3n) is 2.09. The summed E-state index contributed by atoms with van der Waals surface area (Å²) in [5.74, 6) is 0.145. The zero-order chi connectivity index (χ0) is 12.8. The molecule has 0 unspecified atom stereocenters. The first-order chi connectivity index (χ1) is 8.00. The fraction of sp³-hybridized carbons (Fsp3) is 0.333. The van der Waals surface area contributed by atoms with E-state index >= 15 is 0 Å². The van der Waals surface area contributed by atoms with Gasteiger partial charge in [0.25, 0.3) is 5.91 Å². The Kier molecular flexibility index (Phi) is 4.90. The highest BCUT2D eigenvalue weighted by Gasteiger charge is 2.13. The van der Waals surface area contributed by atoms with Crippen molar-refractivity contribution >= 4 is 23.2 Å². The van der Waals surface area contributed by atoms with Gasteiger partial charge in [-0.1, -0.05) is 32.0 Å². The average Bonchev–Trinajstić information content (AvgIpc) is 2.28. The average molecular weight is 251 g/mol. The molecular formula is C12H17N3OS. The summed E-state index contributed by atoms with van der Waals surface area (Å²) >= 11 is 4.89. The smallest absolute Gasteiger partial charge is 0.269 e. The molecule has 92 valence electrons. The molecule has 5 heteroatoms. The van der Waals surface area contributed by atoms with Crippen molar-refractivity contribution in [3.63, 3.8) is 0 Å². The van der Waals surface area contributed by atoms with Crippen LogP contribution in [-0.4, -0.2) is 22.6 Å². The summed E-state index contributed by atoms with van der Waals surface area (Å²) in [5, 5.41) is 1.66. The molecule has 3 N–H and O–H groups in total. The second-order valence-electron chi connectivity index (χ2n) is 4.15. The number of hydrazine groups is 1. The van der Waals surface area contributed by atoms with Gasteiger partial charge in [0.2, 0.25) is 0 Å². The number of nitrogens with two attached hydrogens (primary N) is 1. The number of thiocarbonyl (C=S) groups is 1. The Morgan fingerprint density at radius 3 is 2.47 bits per heavy atom. The maximum Gasteiger partial charge on any atom is 0.269 e. The quantitative estimate of drug-likeness (QED) is 0.632. The van der Waals surface area contributed by atoms with Crippen molar-refractivity contribution in [2.24, 2.45) is 11.7 Å².